The van der Waals surface area contributed by atoms with Gasteiger partial charge in [0.05, 0.1) is 12.9 Å². The standard InChI is InChI=1S/C18H17BrO4S/c1-12(20)13-3-8-17(22-2)14(9-13)10-23-18(21)11-24-16-6-4-15(19)5-7-16/h3-9H,10-11H2,1-2H3. The van der Waals surface area contributed by atoms with Gasteiger partial charge in [0.2, 0.25) is 0 Å². The predicted molar refractivity (Wildman–Crippen MR) is 97.7 cm³/mol. The average molecular weight is 409 g/mol. The van der Waals surface area contributed by atoms with Crippen LogP contribution < -0.4 is 4.74 Å². The van der Waals surface area contributed by atoms with Gasteiger partial charge in [-0.3, -0.25) is 9.59 Å². The van der Waals surface area contributed by atoms with E-state index in [0.29, 0.717) is 16.9 Å². The van der Waals surface area contributed by atoms with Crippen LogP contribution in [0.4, 0.5) is 0 Å². The van der Waals surface area contributed by atoms with E-state index in [4.69, 9.17) is 9.47 Å². The highest BCUT2D eigenvalue weighted by atomic mass is 79.9. The smallest absolute Gasteiger partial charge is 0.316 e. The summed E-state index contributed by atoms with van der Waals surface area (Å²) < 4.78 is 11.5. The first kappa shape index (κ1) is 18.5. The lowest BCUT2D eigenvalue weighted by atomic mass is 10.1. The van der Waals surface area contributed by atoms with Crippen LogP contribution in [0, 0.1) is 0 Å². The number of methoxy groups -OCH3 is 1. The zero-order chi connectivity index (χ0) is 17.5. The highest BCUT2D eigenvalue weighted by Crippen LogP contribution is 2.23. The van der Waals surface area contributed by atoms with Crippen LogP contribution in [0.1, 0.15) is 22.8 Å². The van der Waals surface area contributed by atoms with E-state index in [1.807, 2.05) is 24.3 Å². The van der Waals surface area contributed by atoms with Gasteiger partial charge >= 0.3 is 5.97 Å². The summed E-state index contributed by atoms with van der Waals surface area (Å²) in [5.74, 6) is 0.443. The predicted octanol–water partition coefficient (Wildman–Crippen LogP) is 4.50. The Kier molecular flexibility index (Phi) is 6.87. The van der Waals surface area contributed by atoms with Gasteiger partial charge in [-0.2, -0.15) is 0 Å². The third-order valence-corrected chi connectivity index (χ3v) is 4.76. The van der Waals surface area contributed by atoms with Gasteiger partial charge in [-0.1, -0.05) is 15.9 Å². The van der Waals surface area contributed by atoms with Crippen molar-refractivity contribution in [1.82, 2.24) is 0 Å². The average Bonchev–Trinajstić information content (AvgIpc) is 2.59. The van der Waals surface area contributed by atoms with E-state index in [2.05, 4.69) is 15.9 Å². The Morgan fingerprint density at radius 3 is 2.46 bits per heavy atom. The van der Waals surface area contributed by atoms with E-state index in [1.165, 1.54) is 25.8 Å². The molecule has 0 aliphatic rings. The van der Waals surface area contributed by atoms with Crippen LogP contribution >= 0.6 is 27.7 Å². The number of halogens is 1. The number of hydrogen-bond acceptors (Lipinski definition) is 5. The molecule has 4 nitrogen and oxygen atoms in total. The Morgan fingerprint density at radius 2 is 1.83 bits per heavy atom. The summed E-state index contributed by atoms with van der Waals surface area (Å²) in [6.45, 7) is 1.57. The van der Waals surface area contributed by atoms with Crippen LogP contribution in [-0.2, 0) is 16.1 Å². The normalized spacial score (nSPS) is 10.3. The first-order valence-corrected chi connectivity index (χ1v) is 8.99. The highest BCUT2D eigenvalue weighted by molar-refractivity contribution is 9.10. The number of benzene rings is 2. The maximum atomic E-state index is 11.9. The van der Waals surface area contributed by atoms with E-state index >= 15 is 0 Å². The number of esters is 1. The topological polar surface area (TPSA) is 52.6 Å². The van der Waals surface area contributed by atoms with Gasteiger partial charge in [-0.05, 0) is 49.4 Å². The minimum Gasteiger partial charge on any atom is -0.496 e. The second-order valence-corrected chi connectivity index (χ2v) is 6.95. The number of thioether (sulfide) groups is 1. The summed E-state index contributed by atoms with van der Waals surface area (Å²) >= 11 is 4.78. The molecule has 0 bridgehead atoms. The molecule has 0 aromatic heterocycles. The van der Waals surface area contributed by atoms with Crippen LogP contribution in [0.3, 0.4) is 0 Å². The molecule has 0 N–H and O–H groups in total. The largest absolute Gasteiger partial charge is 0.496 e. The van der Waals surface area contributed by atoms with Crippen LogP contribution in [0.5, 0.6) is 5.75 Å². The van der Waals surface area contributed by atoms with Crippen LogP contribution in [0.25, 0.3) is 0 Å². The first-order valence-electron chi connectivity index (χ1n) is 7.21. The number of Topliss-reactive ketones (excluding diaryl/α,β-unsaturated/α-hetero) is 1. The molecule has 2 aromatic rings. The molecule has 0 aliphatic carbocycles. The molecular weight excluding hydrogens is 392 g/mol. The Labute approximate surface area is 153 Å². The van der Waals surface area contributed by atoms with E-state index in [1.54, 1.807) is 18.2 Å². The fourth-order valence-corrected chi connectivity index (χ4v) is 2.94. The van der Waals surface area contributed by atoms with E-state index < -0.39 is 0 Å². The molecule has 0 aliphatic heterocycles. The van der Waals surface area contributed by atoms with E-state index in [9.17, 15) is 9.59 Å². The lowest BCUT2D eigenvalue weighted by molar-refractivity contribution is -0.141. The van der Waals surface area contributed by atoms with Crippen LogP contribution in [-0.4, -0.2) is 24.6 Å². The van der Waals surface area contributed by atoms with Crippen molar-refractivity contribution in [1.29, 1.82) is 0 Å². The number of carbonyl (C=O) groups excluding carboxylic acids is 2. The van der Waals surface area contributed by atoms with Crippen LogP contribution in [0.2, 0.25) is 0 Å². The van der Waals surface area contributed by atoms with Crippen molar-refractivity contribution in [3.8, 4) is 5.75 Å². The molecule has 0 saturated carbocycles. The molecule has 2 aromatic carbocycles. The molecule has 0 amide bonds. The summed E-state index contributed by atoms with van der Waals surface area (Å²) in [7, 11) is 1.54. The highest BCUT2D eigenvalue weighted by Gasteiger charge is 2.10. The summed E-state index contributed by atoms with van der Waals surface area (Å²) in [5, 5.41) is 0. The molecule has 2 rings (SSSR count). The van der Waals surface area contributed by atoms with Crippen molar-refractivity contribution in [3.05, 3.63) is 58.1 Å². The van der Waals surface area contributed by atoms with Crippen molar-refractivity contribution in [2.75, 3.05) is 12.9 Å². The minimum atomic E-state index is -0.321. The molecule has 6 heteroatoms. The minimum absolute atomic E-state index is 0.0453. The van der Waals surface area contributed by atoms with Gasteiger partial charge in [0.1, 0.15) is 12.4 Å². The second kappa shape index (κ2) is 8.89. The number of rotatable bonds is 7. The summed E-state index contributed by atoms with van der Waals surface area (Å²) in [5.41, 5.74) is 1.23. The zero-order valence-electron chi connectivity index (χ0n) is 13.4. The van der Waals surface area contributed by atoms with Gasteiger partial charge in [-0.15, -0.1) is 11.8 Å². The lowest BCUT2D eigenvalue weighted by Gasteiger charge is -2.10. The molecule has 126 valence electrons. The van der Waals surface area contributed by atoms with Gasteiger partial charge in [0.15, 0.2) is 5.78 Å². The third kappa shape index (κ3) is 5.39. The lowest BCUT2D eigenvalue weighted by Crippen LogP contribution is -2.08. The maximum absolute atomic E-state index is 11.9. The molecule has 0 saturated heterocycles. The van der Waals surface area contributed by atoms with Crippen molar-refractivity contribution < 1.29 is 19.1 Å². The Hall–Kier alpha value is -1.79. The summed E-state index contributed by atoms with van der Waals surface area (Å²) in [4.78, 5) is 24.4. The first-order chi connectivity index (χ1) is 11.5. The molecule has 0 spiro atoms. The zero-order valence-corrected chi connectivity index (χ0v) is 15.8. The van der Waals surface area contributed by atoms with Gasteiger partial charge in [0.25, 0.3) is 0 Å². The molecule has 0 unspecified atom stereocenters. The second-order valence-electron chi connectivity index (χ2n) is 4.99. The van der Waals surface area contributed by atoms with E-state index in [0.717, 1.165) is 9.37 Å². The van der Waals surface area contributed by atoms with Crippen molar-refractivity contribution in [2.24, 2.45) is 0 Å². The third-order valence-electron chi connectivity index (χ3n) is 3.25. The summed E-state index contributed by atoms with van der Waals surface area (Å²) in [6.07, 6.45) is 0. The SMILES string of the molecule is COc1ccc(C(C)=O)cc1COC(=O)CSc1ccc(Br)cc1. The summed E-state index contributed by atoms with van der Waals surface area (Å²) in [6, 6.07) is 12.8. The molecule has 0 radical (unpaired) electrons. The van der Waals surface area contributed by atoms with Gasteiger partial charge < -0.3 is 9.47 Å². The van der Waals surface area contributed by atoms with Crippen molar-refractivity contribution >= 4 is 39.4 Å². The fraction of sp³-hybridized carbons (Fsp3) is 0.222. The number of hydrogen-bond donors (Lipinski definition) is 0. The molecule has 0 heterocycles. The quantitative estimate of drug-likeness (QED) is 0.383. The number of ether oxygens (including phenoxy) is 2. The molecule has 0 fully saturated rings. The van der Waals surface area contributed by atoms with Gasteiger partial charge in [-0.25, -0.2) is 0 Å². The van der Waals surface area contributed by atoms with Crippen molar-refractivity contribution in [2.45, 2.75) is 18.4 Å². The number of carbonyl (C=O) groups is 2. The van der Waals surface area contributed by atoms with Crippen LogP contribution in [0.15, 0.2) is 51.8 Å². The van der Waals surface area contributed by atoms with Gasteiger partial charge in [0, 0.05) is 20.5 Å². The molecule has 24 heavy (non-hydrogen) atoms. The Morgan fingerprint density at radius 1 is 1.12 bits per heavy atom. The maximum Gasteiger partial charge on any atom is 0.316 e. The molecule has 0 atom stereocenters. The Bertz CT molecular complexity index is 728. The van der Waals surface area contributed by atoms with E-state index in [-0.39, 0.29) is 24.1 Å². The Balaban J connectivity index is 1.92. The number of ketones is 1. The molecular formula is C18H17BrO4S. The fourth-order valence-electron chi connectivity index (χ4n) is 1.98. The van der Waals surface area contributed by atoms with Crippen molar-refractivity contribution in [3.63, 3.8) is 0 Å². The monoisotopic (exact) mass is 408 g/mol.